The van der Waals surface area contributed by atoms with E-state index in [9.17, 15) is 0 Å². The van der Waals surface area contributed by atoms with E-state index in [0.29, 0.717) is 6.04 Å². The average molecular weight is 249 g/mol. The van der Waals surface area contributed by atoms with Gasteiger partial charge in [0.05, 0.1) is 0 Å². The molecule has 0 amide bonds. The van der Waals surface area contributed by atoms with Crippen LogP contribution in [0.5, 0.6) is 0 Å². The minimum absolute atomic E-state index is 0.654. The molecule has 0 spiro atoms. The highest BCUT2D eigenvalue weighted by molar-refractivity contribution is 5.49. The molecule has 2 heterocycles. The van der Waals surface area contributed by atoms with Gasteiger partial charge in [0.15, 0.2) is 0 Å². The van der Waals surface area contributed by atoms with Crippen LogP contribution in [0.4, 0.5) is 11.6 Å². The molecule has 1 aromatic heterocycles. The van der Waals surface area contributed by atoms with Crippen molar-refractivity contribution in [2.24, 2.45) is 0 Å². The summed E-state index contributed by atoms with van der Waals surface area (Å²) >= 11 is 0. The van der Waals surface area contributed by atoms with Crippen LogP contribution in [0.15, 0.2) is 12.4 Å². The minimum atomic E-state index is 0.654. The third-order valence-corrected chi connectivity index (χ3v) is 3.73. The number of anilines is 2. The molecule has 1 aliphatic rings. The van der Waals surface area contributed by atoms with E-state index in [0.717, 1.165) is 31.3 Å². The number of nitrogens with one attached hydrogen (secondary N) is 1. The highest BCUT2D eigenvalue weighted by atomic mass is 15.2. The molecule has 100 valence electrons. The van der Waals surface area contributed by atoms with Crippen LogP contribution >= 0.6 is 0 Å². The second-order valence-corrected chi connectivity index (χ2v) is 4.80. The summed E-state index contributed by atoms with van der Waals surface area (Å²) in [6, 6.07) is 2.74. The topological polar surface area (TPSA) is 44.3 Å². The van der Waals surface area contributed by atoms with Gasteiger partial charge in [0.25, 0.3) is 0 Å². The first kappa shape index (κ1) is 13.1. The van der Waals surface area contributed by atoms with Gasteiger partial charge in [0, 0.05) is 38.8 Å². The zero-order valence-electron chi connectivity index (χ0n) is 11.6. The molecule has 0 unspecified atom stereocenters. The zero-order chi connectivity index (χ0) is 13.0. The molecule has 0 atom stereocenters. The first-order chi connectivity index (χ1) is 8.74. The fourth-order valence-electron chi connectivity index (χ4n) is 2.28. The summed E-state index contributed by atoms with van der Waals surface area (Å²) in [5.41, 5.74) is 0. The molecule has 1 saturated heterocycles. The maximum absolute atomic E-state index is 4.40. The molecule has 0 saturated carbocycles. The van der Waals surface area contributed by atoms with Crippen molar-refractivity contribution in [2.75, 3.05) is 43.5 Å². The summed E-state index contributed by atoms with van der Waals surface area (Å²) < 4.78 is 0. The van der Waals surface area contributed by atoms with Crippen molar-refractivity contribution in [2.45, 2.75) is 25.8 Å². The van der Waals surface area contributed by atoms with Crippen molar-refractivity contribution in [3.63, 3.8) is 0 Å². The molecule has 5 nitrogen and oxygen atoms in total. The molecule has 0 aromatic carbocycles. The number of nitrogens with zero attached hydrogens (tertiary/aromatic N) is 4. The molecule has 1 aliphatic heterocycles. The van der Waals surface area contributed by atoms with E-state index in [2.05, 4.69) is 45.1 Å². The minimum Gasteiger partial charge on any atom is -0.360 e. The summed E-state index contributed by atoms with van der Waals surface area (Å²) in [4.78, 5) is 13.2. The first-order valence-corrected chi connectivity index (χ1v) is 6.70. The highest BCUT2D eigenvalue weighted by Gasteiger charge is 2.19. The van der Waals surface area contributed by atoms with Crippen LogP contribution in [0.2, 0.25) is 0 Å². The van der Waals surface area contributed by atoms with Gasteiger partial charge in [0.1, 0.15) is 18.0 Å². The third kappa shape index (κ3) is 2.90. The lowest BCUT2D eigenvalue weighted by molar-refractivity contribution is 0.440. The second-order valence-electron chi connectivity index (χ2n) is 4.80. The Kier molecular flexibility index (Phi) is 4.36. The van der Waals surface area contributed by atoms with Crippen molar-refractivity contribution in [3.8, 4) is 0 Å². The summed E-state index contributed by atoms with van der Waals surface area (Å²) in [7, 11) is 4.10. The maximum atomic E-state index is 4.40. The van der Waals surface area contributed by atoms with Crippen LogP contribution in [-0.2, 0) is 0 Å². The Morgan fingerprint density at radius 2 is 2.11 bits per heavy atom. The lowest BCUT2D eigenvalue weighted by Gasteiger charge is -2.32. The predicted octanol–water partition coefficient (Wildman–Crippen LogP) is 1.12. The Morgan fingerprint density at radius 3 is 2.72 bits per heavy atom. The van der Waals surface area contributed by atoms with E-state index in [-0.39, 0.29) is 0 Å². The van der Waals surface area contributed by atoms with Crippen molar-refractivity contribution < 1.29 is 0 Å². The summed E-state index contributed by atoms with van der Waals surface area (Å²) in [5.74, 6) is 2.05. The maximum Gasteiger partial charge on any atom is 0.134 e. The second kappa shape index (κ2) is 6.00. The Hall–Kier alpha value is -1.36. The SMILES string of the molecule is CCN(C)c1cc(N2CCC(NC)CC2)ncn1. The fourth-order valence-corrected chi connectivity index (χ4v) is 2.28. The molecule has 1 aromatic rings. The van der Waals surface area contributed by atoms with Gasteiger partial charge in [-0.3, -0.25) is 0 Å². The quantitative estimate of drug-likeness (QED) is 0.866. The van der Waals surface area contributed by atoms with Crippen LogP contribution < -0.4 is 15.1 Å². The first-order valence-electron chi connectivity index (χ1n) is 6.70. The van der Waals surface area contributed by atoms with E-state index in [4.69, 9.17) is 0 Å². The molecule has 0 aliphatic carbocycles. The molecule has 0 radical (unpaired) electrons. The number of hydrogen-bond acceptors (Lipinski definition) is 5. The molecular formula is C13H23N5. The van der Waals surface area contributed by atoms with Crippen LogP contribution in [0.1, 0.15) is 19.8 Å². The average Bonchev–Trinajstić information content (AvgIpc) is 2.46. The normalized spacial score (nSPS) is 16.9. The van der Waals surface area contributed by atoms with Crippen molar-refractivity contribution in [1.29, 1.82) is 0 Å². The van der Waals surface area contributed by atoms with Gasteiger partial charge in [-0.2, -0.15) is 0 Å². The molecule has 0 bridgehead atoms. The Morgan fingerprint density at radius 1 is 1.39 bits per heavy atom. The standard InChI is InChI=1S/C13H23N5/c1-4-17(3)12-9-13(16-10-15-12)18-7-5-11(14-2)6-8-18/h9-11,14H,4-8H2,1-3H3. The van der Waals surface area contributed by atoms with E-state index in [1.54, 1.807) is 6.33 Å². The van der Waals surface area contributed by atoms with Crippen molar-refractivity contribution in [3.05, 3.63) is 12.4 Å². The zero-order valence-corrected chi connectivity index (χ0v) is 11.6. The summed E-state index contributed by atoms with van der Waals surface area (Å²) in [6.07, 6.45) is 4.03. The smallest absolute Gasteiger partial charge is 0.134 e. The Labute approximate surface area is 109 Å². The van der Waals surface area contributed by atoms with Crippen molar-refractivity contribution >= 4 is 11.6 Å². The van der Waals surface area contributed by atoms with E-state index >= 15 is 0 Å². The Bertz CT molecular complexity index is 373. The van der Waals surface area contributed by atoms with Crippen molar-refractivity contribution in [1.82, 2.24) is 15.3 Å². The summed E-state index contributed by atoms with van der Waals surface area (Å²) in [5, 5.41) is 3.35. The lowest BCUT2D eigenvalue weighted by atomic mass is 10.1. The molecule has 5 heteroatoms. The van der Waals surface area contributed by atoms with Crippen LogP contribution in [-0.4, -0.2) is 49.7 Å². The van der Waals surface area contributed by atoms with Crippen LogP contribution in [0.3, 0.4) is 0 Å². The number of hydrogen-bond donors (Lipinski definition) is 1. The highest BCUT2D eigenvalue weighted by Crippen LogP contribution is 2.20. The fraction of sp³-hybridized carbons (Fsp3) is 0.692. The van der Waals surface area contributed by atoms with E-state index < -0.39 is 0 Å². The van der Waals surface area contributed by atoms with Crippen LogP contribution in [0.25, 0.3) is 0 Å². The summed E-state index contributed by atoms with van der Waals surface area (Å²) in [6.45, 7) is 5.22. The van der Waals surface area contributed by atoms with Gasteiger partial charge in [-0.05, 0) is 26.8 Å². The monoisotopic (exact) mass is 249 g/mol. The Balaban J connectivity index is 2.05. The molecule has 2 rings (SSSR count). The molecule has 1 N–H and O–H groups in total. The number of rotatable bonds is 4. The van der Waals surface area contributed by atoms with E-state index in [1.807, 2.05) is 7.05 Å². The third-order valence-electron chi connectivity index (χ3n) is 3.73. The van der Waals surface area contributed by atoms with Gasteiger partial charge < -0.3 is 15.1 Å². The van der Waals surface area contributed by atoms with Gasteiger partial charge >= 0.3 is 0 Å². The van der Waals surface area contributed by atoms with Crippen LogP contribution in [0, 0.1) is 0 Å². The van der Waals surface area contributed by atoms with Gasteiger partial charge in [-0.1, -0.05) is 0 Å². The van der Waals surface area contributed by atoms with Gasteiger partial charge in [-0.15, -0.1) is 0 Å². The largest absolute Gasteiger partial charge is 0.360 e. The number of piperidine rings is 1. The number of aromatic nitrogens is 2. The lowest BCUT2D eigenvalue weighted by Crippen LogP contribution is -2.41. The molecular weight excluding hydrogens is 226 g/mol. The molecule has 18 heavy (non-hydrogen) atoms. The van der Waals surface area contributed by atoms with E-state index in [1.165, 1.54) is 12.8 Å². The predicted molar refractivity (Wildman–Crippen MR) is 75.3 cm³/mol. The van der Waals surface area contributed by atoms with Gasteiger partial charge in [0.2, 0.25) is 0 Å². The molecule has 1 fully saturated rings. The van der Waals surface area contributed by atoms with Gasteiger partial charge in [-0.25, -0.2) is 9.97 Å².